The predicted molar refractivity (Wildman–Crippen MR) is 76.9 cm³/mol. The van der Waals surface area contributed by atoms with Crippen molar-refractivity contribution in [1.82, 2.24) is 0 Å². The Bertz CT molecular complexity index is 606. The lowest BCUT2D eigenvalue weighted by molar-refractivity contribution is -0.274. The molecule has 0 aliphatic rings. The van der Waals surface area contributed by atoms with Crippen LogP contribution in [0.2, 0.25) is 0 Å². The molecule has 1 aromatic rings. The molecule has 0 bridgehead atoms. The van der Waals surface area contributed by atoms with Gasteiger partial charge in [-0.2, -0.15) is 5.26 Å². The topological polar surface area (TPSA) is 82.7 Å². The Labute approximate surface area is 132 Å². The molecule has 0 amide bonds. The molecule has 1 rings (SSSR count). The summed E-state index contributed by atoms with van der Waals surface area (Å²) in [6, 6.07) is 4.66. The molecule has 0 spiro atoms. The standard InChI is InChI=1S/C14H17BF3NO4/c1-12(2,20)13(3,4)23-15(21)10-5-9(8-19)6-11(7-10)22-14(16,17)18/h5-7,20-21H,1-4H3. The number of alkyl halides is 3. The molecule has 0 radical (unpaired) electrons. The second-order valence-corrected chi connectivity index (χ2v) is 5.99. The summed E-state index contributed by atoms with van der Waals surface area (Å²) in [5.41, 5.74) is -2.77. The molecular weight excluding hydrogens is 314 g/mol. The summed E-state index contributed by atoms with van der Waals surface area (Å²) < 4.78 is 46.0. The molecule has 9 heteroatoms. The number of benzene rings is 1. The number of rotatable bonds is 5. The molecule has 1 aromatic carbocycles. The highest BCUT2D eigenvalue weighted by atomic mass is 19.4. The summed E-state index contributed by atoms with van der Waals surface area (Å²) in [7, 11) is -1.65. The van der Waals surface area contributed by atoms with Crippen molar-refractivity contribution in [3.8, 4) is 11.8 Å². The van der Waals surface area contributed by atoms with Crippen LogP contribution in [0.3, 0.4) is 0 Å². The van der Waals surface area contributed by atoms with Crippen LogP contribution < -0.4 is 10.2 Å². The molecule has 23 heavy (non-hydrogen) atoms. The van der Waals surface area contributed by atoms with E-state index in [-0.39, 0.29) is 11.0 Å². The number of ether oxygens (including phenoxy) is 1. The lowest BCUT2D eigenvalue weighted by Crippen LogP contribution is -2.53. The molecule has 0 saturated carbocycles. The van der Waals surface area contributed by atoms with Gasteiger partial charge in [-0.05, 0) is 51.4 Å². The molecule has 0 saturated heterocycles. The first kappa shape index (κ1) is 19.3. The van der Waals surface area contributed by atoms with Crippen molar-refractivity contribution in [1.29, 1.82) is 5.26 Å². The van der Waals surface area contributed by atoms with E-state index >= 15 is 0 Å². The first-order chi connectivity index (χ1) is 10.2. The van der Waals surface area contributed by atoms with E-state index in [1.165, 1.54) is 33.8 Å². The van der Waals surface area contributed by atoms with Crippen LogP contribution >= 0.6 is 0 Å². The predicted octanol–water partition coefficient (Wildman–Crippen LogP) is 1.71. The third-order valence-corrected chi connectivity index (χ3v) is 3.46. The molecule has 0 aliphatic carbocycles. The Hall–Kier alpha value is -1.76. The lowest BCUT2D eigenvalue weighted by atomic mass is 9.76. The van der Waals surface area contributed by atoms with E-state index in [9.17, 15) is 23.3 Å². The molecule has 0 unspecified atom stereocenters. The Morgan fingerprint density at radius 3 is 2.13 bits per heavy atom. The number of halogens is 3. The van der Waals surface area contributed by atoms with Gasteiger partial charge in [0.2, 0.25) is 0 Å². The van der Waals surface area contributed by atoms with E-state index in [2.05, 4.69) is 4.74 Å². The fourth-order valence-electron chi connectivity index (χ4n) is 1.51. The molecule has 126 valence electrons. The van der Waals surface area contributed by atoms with Gasteiger partial charge in [0, 0.05) is 0 Å². The average Bonchev–Trinajstić information content (AvgIpc) is 2.34. The van der Waals surface area contributed by atoms with Crippen LogP contribution in [-0.4, -0.2) is 34.8 Å². The summed E-state index contributed by atoms with van der Waals surface area (Å²) in [6.45, 7) is 5.95. The molecule has 0 fully saturated rings. The van der Waals surface area contributed by atoms with E-state index < -0.39 is 30.4 Å². The zero-order valence-corrected chi connectivity index (χ0v) is 13.1. The molecule has 2 N–H and O–H groups in total. The van der Waals surface area contributed by atoms with Gasteiger partial charge in [-0.3, -0.25) is 0 Å². The Balaban J connectivity index is 3.12. The van der Waals surface area contributed by atoms with Gasteiger partial charge in [-0.1, -0.05) is 0 Å². The Morgan fingerprint density at radius 2 is 1.70 bits per heavy atom. The van der Waals surface area contributed by atoms with Crippen LogP contribution in [0.1, 0.15) is 33.3 Å². The first-order valence-corrected chi connectivity index (χ1v) is 6.64. The quantitative estimate of drug-likeness (QED) is 0.803. The fraction of sp³-hybridized carbons (Fsp3) is 0.500. The number of hydrogen-bond acceptors (Lipinski definition) is 5. The van der Waals surface area contributed by atoms with Gasteiger partial charge < -0.3 is 19.5 Å². The zero-order valence-electron chi connectivity index (χ0n) is 13.1. The van der Waals surface area contributed by atoms with Gasteiger partial charge in [-0.15, -0.1) is 13.2 Å². The number of aliphatic hydroxyl groups is 1. The van der Waals surface area contributed by atoms with Crippen LogP contribution in [0.15, 0.2) is 18.2 Å². The van der Waals surface area contributed by atoms with E-state index in [1.807, 2.05) is 0 Å². The number of nitrogens with zero attached hydrogens (tertiary/aromatic N) is 1. The minimum atomic E-state index is -4.93. The molecular formula is C14H17BF3NO4. The summed E-state index contributed by atoms with van der Waals surface area (Å²) in [5, 5.41) is 28.9. The summed E-state index contributed by atoms with van der Waals surface area (Å²) in [5.74, 6) is -0.643. The first-order valence-electron chi connectivity index (χ1n) is 6.64. The van der Waals surface area contributed by atoms with E-state index in [0.717, 1.165) is 12.1 Å². The Kier molecular flexibility index (Phi) is 5.36. The van der Waals surface area contributed by atoms with Crippen molar-refractivity contribution in [2.24, 2.45) is 0 Å². The van der Waals surface area contributed by atoms with Crippen LogP contribution in [0, 0.1) is 11.3 Å². The van der Waals surface area contributed by atoms with Crippen molar-refractivity contribution in [3.63, 3.8) is 0 Å². The third-order valence-electron chi connectivity index (χ3n) is 3.46. The maximum absolute atomic E-state index is 12.3. The fourth-order valence-corrected chi connectivity index (χ4v) is 1.51. The van der Waals surface area contributed by atoms with Gasteiger partial charge in [0.05, 0.1) is 22.8 Å². The minimum absolute atomic E-state index is 0.0966. The van der Waals surface area contributed by atoms with E-state index in [0.29, 0.717) is 0 Å². The number of nitriles is 1. The largest absolute Gasteiger partial charge is 0.573 e. The van der Waals surface area contributed by atoms with Crippen molar-refractivity contribution in [3.05, 3.63) is 23.8 Å². The van der Waals surface area contributed by atoms with Crippen LogP contribution in [0.5, 0.6) is 5.75 Å². The van der Waals surface area contributed by atoms with Gasteiger partial charge in [-0.25, -0.2) is 0 Å². The maximum Gasteiger partial charge on any atom is 0.573 e. The minimum Gasteiger partial charge on any atom is -0.423 e. The average molecular weight is 331 g/mol. The van der Waals surface area contributed by atoms with Gasteiger partial charge in [0.1, 0.15) is 5.75 Å². The molecule has 0 aromatic heterocycles. The summed E-state index contributed by atoms with van der Waals surface area (Å²) in [6.07, 6.45) is -4.93. The van der Waals surface area contributed by atoms with E-state index in [4.69, 9.17) is 9.92 Å². The highest BCUT2D eigenvalue weighted by molar-refractivity contribution is 6.60. The number of hydrogen-bond donors (Lipinski definition) is 2. The van der Waals surface area contributed by atoms with Crippen LogP contribution in [0.25, 0.3) is 0 Å². The monoisotopic (exact) mass is 331 g/mol. The van der Waals surface area contributed by atoms with Gasteiger partial charge in [0.25, 0.3) is 0 Å². The van der Waals surface area contributed by atoms with Crippen molar-refractivity contribution >= 4 is 12.6 Å². The van der Waals surface area contributed by atoms with Crippen molar-refractivity contribution in [2.75, 3.05) is 0 Å². The van der Waals surface area contributed by atoms with Crippen LogP contribution in [-0.2, 0) is 4.65 Å². The van der Waals surface area contributed by atoms with Crippen molar-refractivity contribution in [2.45, 2.75) is 45.3 Å². The highest BCUT2D eigenvalue weighted by Gasteiger charge is 2.40. The summed E-state index contributed by atoms with van der Waals surface area (Å²) >= 11 is 0. The van der Waals surface area contributed by atoms with Gasteiger partial charge >= 0.3 is 13.5 Å². The molecule has 0 atom stereocenters. The molecule has 0 aliphatic heterocycles. The normalized spacial score (nSPS) is 12.7. The molecule has 5 nitrogen and oxygen atoms in total. The lowest BCUT2D eigenvalue weighted by Gasteiger charge is -2.38. The summed E-state index contributed by atoms with van der Waals surface area (Å²) in [4.78, 5) is 0. The highest BCUT2D eigenvalue weighted by Crippen LogP contribution is 2.26. The van der Waals surface area contributed by atoms with E-state index in [1.54, 1.807) is 6.07 Å². The Morgan fingerprint density at radius 1 is 1.13 bits per heavy atom. The zero-order chi connectivity index (χ0) is 18.1. The second kappa shape index (κ2) is 6.39. The van der Waals surface area contributed by atoms with Crippen molar-refractivity contribution < 1.29 is 32.7 Å². The molecule has 0 heterocycles. The van der Waals surface area contributed by atoms with Gasteiger partial charge in [0.15, 0.2) is 0 Å². The smallest absolute Gasteiger partial charge is 0.423 e. The maximum atomic E-state index is 12.3. The third kappa shape index (κ3) is 5.43. The second-order valence-electron chi connectivity index (χ2n) is 5.99. The van der Waals surface area contributed by atoms with Crippen LogP contribution in [0.4, 0.5) is 13.2 Å². The SMILES string of the molecule is CC(C)(O)C(C)(C)OB(O)c1cc(C#N)cc(OC(F)(F)F)c1.